The lowest BCUT2D eigenvalue weighted by Crippen LogP contribution is -2.51. The average molecular weight is 290 g/mol. The minimum atomic E-state index is -3.07. The van der Waals surface area contributed by atoms with Gasteiger partial charge in [0, 0.05) is 24.4 Å². The predicted octanol–water partition coefficient (Wildman–Crippen LogP) is 1.64. The van der Waals surface area contributed by atoms with Crippen LogP contribution >= 0.6 is 0 Å². The summed E-state index contributed by atoms with van der Waals surface area (Å²) in [4.78, 5) is 14.2. The van der Waals surface area contributed by atoms with Gasteiger partial charge in [0.05, 0.1) is 5.75 Å². The lowest BCUT2D eigenvalue weighted by molar-refractivity contribution is 0.155. The summed E-state index contributed by atoms with van der Waals surface area (Å²) < 4.78 is 22.4. The molecule has 0 bridgehead atoms. The molecule has 2 atom stereocenters. The van der Waals surface area contributed by atoms with Gasteiger partial charge in [-0.3, -0.25) is 0 Å². The Balaban J connectivity index is 2.63. The Hall–Kier alpha value is -0.780. The fourth-order valence-electron chi connectivity index (χ4n) is 2.14. The molecule has 0 aliphatic heterocycles. The molecule has 2 amide bonds. The lowest BCUT2D eigenvalue weighted by Gasteiger charge is -2.33. The van der Waals surface area contributed by atoms with Crippen molar-refractivity contribution < 1.29 is 13.2 Å². The van der Waals surface area contributed by atoms with Gasteiger partial charge < -0.3 is 10.2 Å². The summed E-state index contributed by atoms with van der Waals surface area (Å²) in [5.74, 6) is 0.365. The maximum absolute atomic E-state index is 12.3. The van der Waals surface area contributed by atoms with Gasteiger partial charge in [0.15, 0.2) is 0 Å². The summed E-state index contributed by atoms with van der Waals surface area (Å²) in [7, 11) is -3.07. The van der Waals surface area contributed by atoms with Crippen LogP contribution in [-0.2, 0) is 9.84 Å². The fourth-order valence-corrected chi connectivity index (χ4v) is 3.13. The average Bonchev–Trinajstić information content (AvgIpc) is 2.98. The Bertz CT molecular complexity index is 416. The molecular formula is C13H26N2O3S. The molecule has 1 aliphatic rings. The fraction of sp³-hybridized carbons (Fsp3) is 0.923. The van der Waals surface area contributed by atoms with E-state index in [4.69, 9.17) is 0 Å². The molecule has 1 rings (SSSR count). The highest BCUT2D eigenvalue weighted by Crippen LogP contribution is 2.30. The zero-order valence-electron chi connectivity index (χ0n) is 12.5. The number of nitrogens with zero attached hydrogens (tertiary/aromatic N) is 1. The number of hydrogen-bond donors (Lipinski definition) is 1. The van der Waals surface area contributed by atoms with Crippen LogP contribution in [-0.4, -0.2) is 49.5 Å². The molecule has 0 aromatic carbocycles. The van der Waals surface area contributed by atoms with Crippen molar-refractivity contribution in [1.29, 1.82) is 0 Å². The second kappa shape index (κ2) is 6.11. The summed E-state index contributed by atoms with van der Waals surface area (Å²) >= 11 is 0. The van der Waals surface area contributed by atoms with E-state index in [0.29, 0.717) is 12.0 Å². The van der Waals surface area contributed by atoms with Gasteiger partial charge in [-0.15, -0.1) is 0 Å². The topological polar surface area (TPSA) is 66.5 Å². The zero-order valence-corrected chi connectivity index (χ0v) is 13.3. The monoisotopic (exact) mass is 290 g/mol. The third-order valence-electron chi connectivity index (χ3n) is 3.50. The first kappa shape index (κ1) is 16.3. The Morgan fingerprint density at radius 1 is 1.26 bits per heavy atom. The van der Waals surface area contributed by atoms with E-state index in [0.717, 1.165) is 12.8 Å². The first-order chi connectivity index (χ1) is 8.61. The molecule has 5 nitrogen and oxygen atoms in total. The summed E-state index contributed by atoms with van der Waals surface area (Å²) in [6, 6.07) is -0.0104. The number of sulfone groups is 1. The van der Waals surface area contributed by atoms with Crippen molar-refractivity contribution in [2.75, 3.05) is 12.0 Å². The van der Waals surface area contributed by atoms with Gasteiger partial charge in [0.1, 0.15) is 9.84 Å². The number of rotatable bonds is 6. The summed E-state index contributed by atoms with van der Waals surface area (Å²) in [5.41, 5.74) is 0. The second-order valence-electron chi connectivity index (χ2n) is 6.07. The van der Waals surface area contributed by atoms with E-state index in [9.17, 15) is 13.2 Å². The first-order valence-electron chi connectivity index (χ1n) is 6.88. The molecule has 1 aliphatic carbocycles. The molecule has 0 unspecified atom stereocenters. The zero-order chi connectivity index (χ0) is 14.8. The van der Waals surface area contributed by atoms with E-state index in [2.05, 4.69) is 19.2 Å². The summed E-state index contributed by atoms with van der Waals surface area (Å²) in [5, 5.41) is 2.80. The smallest absolute Gasteiger partial charge is 0.318 e. The number of amides is 2. The van der Waals surface area contributed by atoms with Gasteiger partial charge in [-0.1, -0.05) is 13.8 Å². The van der Waals surface area contributed by atoms with Crippen LogP contribution in [0.1, 0.15) is 40.5 Å². The van der Waals surface area contributed by atoms with Crippen molar-refractivity contribution >= 4 is 15.9 Å². The van der Waals surface area contributed by atoms with Crippen LogP contribution in [0.2, 0.25) is 0 Å². The molecule has 6 heteroatoms. The lowest BCUT2D eigenvalue weighted by atomic mass is 10.0. The van der Waals surface area contributed by atoms with E-state index in [1.165, 1.54) is 6.26 Å². The number of nitrogens with one attached hydrogen (secondary N) is 1. The van der Waals surface area contributed by atoms with Gasteiger partial charge >= 0.3 is 6.03 Å². The van der Waals surface area contributed by atoms with Crippen LogP contribution in [0.5, 0.6) is 0 Å². The quantitative estimate of drug-likeness (QED) is 0.808. The minimum Gasteiger partial charge on any atom is -0.334 e. The largest absolute Gasteiger partial charge is 0.334 e. The highest BCUT2D eigenvalue weighted by Gasteiger charge is 2.37. The van der Waals surface area contributed by atoms with Crippen LogP contribution < -0.4 is 5.32 Å². The molecule has 112 valence electrons. The van der Waals surface area contributed by atoms with Gasteiger partial charge in [0.25, 0.3) is 0 Å². The van der Waals surface area contributed by atoms with Gasteiger partial charge in [-0.2, -0.15) is 0 Å². The maximum Gasteiger partial charge on any atom is 0.318 e. The standard InChI is InChI=1S/C13H26N2O3S/c1-9(2)11(4)15(12-6-7-12)13(16)14-10(3)8-19(5,17)18/h9-12H,6-8H2,1-5H3,(H,14,16)/t10-,11+/m0/s1. The SMILES string of the molecule is CC(C)[C@@H](C)N(C(=O)N[C@@H](C)CS(C)(=O)=O)C1CC1. The van der Waals surface area contributed by atoms with Crippen molar-refractivity contribution in [3.8, 4) is 0 Å². The highest BCUT2D eigenvalue weighted by atomic mass is 32.2. The minimum absolute atomic E-state index is 0.0205. The Kier molecular flexibility index (Phi) is 5.24. The van der Waals surface area contributed by atoms with E-state index in [-0.39, 0.29) is 23.9 Å². The Labute approximate surface area is 116 Å². The van der Waals surface area contributed by atoms with Crippen LogP contribution in [0.15, 0.2) is 0 Å². The number of carbonyl (C=O) groups excluding carboxylic acids is 1. The summed E-state index contributed by atoms with van der Waals surface area (Å²) in [6.45, 7) is 7.95. The van der Waals surface area contributed by atoms with Crippen LogP contribution in [0, 0.1) is 5.92 Å². The molecular weight excluding hydrogens is 264 g/mol. The molecule has 0 saturated heterocycles. The third kappa shape index (κ3) is 5.38. The number of hydrogen-bond acceptors (Lipinski definition) is 3. The van der Waals surface area contributed by atoms with E-state index < -0.39 is 9.84 Å². The third-order valence-corrected chi connectivity index (χ3v) is 4.61. The van der Waals surface area contributed by atoms with Crippen LogP contribution in [0.4, 0.5) is 4.79 Å². The Morgan fingerprint density at radius 2 is 1.79 bits per heavy atom. The molecule has 19 heavy (non-hydrogen) atoms. The van der Waals surface area contributed by atoms with E-state index in [1.54, 1.807) is 6.92 Å². The first-order valence-corrected chi connectivity index (χ1v) is 8.94. The van der Waals surface area contributed by atoms with Crippen molar-refractivity contribution in [2.45, 2.75) is 58.7 Å². The summed E-state index contributed by atoms with van der Waals surface area (Å²) in [6.07, 6.45) is 3.28. The molecule has 1 fully saturated rings. The number of carbonyl (C=O) groups is 1. The molecule has 0 aromatic heterocycles. The van der Waals surface area contributed by atoms with Crippen molar-refractivity contribution in [2.24, 2.45) is 5.92 Å². The molecule has 0 aromatic rings. The highest BCUT2D eigenvalue weighted by molar-refractivity contribution is 7.90. The normalized spacial score (nSPS) is 19.1. The molecule has 0 spiro atoms. The van der Waals surface area contributed by atoms with E-state index in [1.807, 2.05) is 11.8 Å². The molecule has 0 radical (unpaired) electrons. The maximum atomic E-state index is 12.3. The number of urea groups is 1. The second-order valence-corrected chi connectivity index (χ2v) is 8.25. The molecule has 1 N–H and O–H groups in total. The van der Waals surface area contributed by atoms with Gasteiger partial charge in [0.2, 0.25) is 0 Å². The van der Waals surface area contributed by atoms with Crippen LogP contribution in [0.25, 0.3) is 0 Å². The van der Waals surface area contributed by atoms with Gasteiger partial charge in [-0.05, 0) is 32.6 Å². The van der Waals surface area contributed by atoms with Crippen molar-refractivity contribution in [1.82, 2.24) is 10.2 Å². The van der Waals surface area contributed by atoms with Gasteiger partial charge in [-0.25, -0.2) is 13.2 Å². The molecule has 1 saturated carbocycles. The van der Waals surface area contributed by atoms with E-state index >= 15 is 0 Å². The Morgan fingerprint density at radius 3 is 2.16 bits per heavy atom. The van der Waals surface area contributed by atoms with Crippen molar-refractivity contribution in [3.63, 3.8) is 0 Å². The molecule has 0 heterocycles. The van der Waals surface area contributed by atoms with Crippen molar-refractivity contribution in [3.05, 3.63) is 0 Å². The van der Waals surface area contributed by atoms with Crippen LogP contribution in [0.3, 0.4) is 0 Å². The predicted molar refractivity (Wildman–Crippen MR) is 76.9 cm³/mol.